The molecule has 0 spiro atoms. The van der Waals surface area contributed by atoms with Crippen molar-refractivity contribution in [3.8, 4) is 0 Å². The van der Waals surface area contributed by atoms with Crippen molar-refractivity contribution < 1.29 is 4.79 Å². The standard InChI is InChI=1S/C13H10OS/c14-8-3-9-15-13-7-6-11-4-1-2-5-12(11)10-13/h1-10H/b9-3-. The van der Waals surface area contributed by atoms with Crippen molar-refractivity contribution in [2.75, 3.05) is 0 Å². The van der Waals surface area contributed by atoms with Crippen molar-refractivity contribution in [2.24, 2.45) is 0 Å². The van der Waals surface area contributed by atoms with E-state index in [4.69, 9.17) is 0 Å². The van der Waals surface area contributed by atoms with E-state index in [1.807, 2.05) is 12.1 Å². The van der Waals surface area contributed by atoms with Crippen LogP contribution in [0.15, 0.2) is 58.8 Å². The van der Waals surface area contributed by atoms with Crippen LogP contribution in [0.1, 0.15) is 0 Å². The Kier molecular flexibility index (Phi) is 3.20. The Balaban J connectivity index is 2.30. The molecular weight excluding hydrogens is 204 g/mol. The third-order valence-corrected chi connectivity index (χ3v) is 2.90. The molecule has 0 aliphatic carbocycles. The fourth-order valence-corrected chi connectivity index (χ4v) is 2.03. The van der Waals surface area contributed by atoms with Crippen molar-refractivity contribution in [2.45, 2.75) is 4.90 Å². The molecule has 0 atom stereocenters. The lowest BCUT2D eigenvalue weighted by atomic mass is 10.1. The zero-order chi connectivity index (χ0) is 10.5. The maximum atomic E-state index is 10.1. The second-order valence-electron chi connectivity index (χ2n) is 3.09. The number of rotatable bonds is 3. The van der Waals surface area contributed by atoms with Crippen molar-refractivity contribution in [1.82, 2.24) is 0 Å². The number of hydrogen-bond acceptors (Lipinski definition) is 2. The quantitative estimate of drug-likeness (QED) is 0.441. The number of aldehydes is 1. The second kappa shape index (κ2) is 4.80. The number of allylic oxidation sites excluding steroid dienone is 1. The highest BCUT2D eigenvalue weighted by atomic mass is 32.2. The normalized spacial score (nSPS) is 10.9. The van der Waals surface area contributed by atoms with E-state index >= 15 is 0 Å². The van der Waals surface area contributed by atoms with Crippen LogP contribution in [0.3, 0.4) is 0 Å². The van der Waals surface area contributed by atoms with E-state index in [2.05, 4.69) is 30.3 Å². The van der Waals surface area contributed by atoms with Gasteiger partial charge >= 0.3 is 0 Å². The van der Waals surface area contributed by atoms with Crippen LogP contribution in [0.2, 0.25) is 0 Å². The highest BCUT2D eigenvalue weighted by Crippen LogP contribution is 2.23. The van der Waals surface area contributed by atoms with Gasteiger partial charge in [0.1, 0.15) is 6.29 Å². The molecule has 0 bridgehead atoms. The summed E-state index contributed by atoms with van der Waals surface area (Å²) in [5, 5.41) is 4.25. The number of fused-ring (bicyclic) bond motifs is 1. The summed E-state index contributed by atoms with van der Waals surface area (Å²) in [4.78, 5) is 11.3. The molecule has 0 N–H and O–H groups in total. The first-order valence-electron chi connectivity index (χ1n) is 4.66. The van der Waals surface area contributed by atoms with Gasteiger partial charge in [-0.05, 0) is 34.4 Å². The maximum absolute atomic E-state index is 10.1. The summed E-state index contributed by atoms with van der Waals surface area (Å²) in [7, 11) is 0. The van der Waals surface area contributed by atoms with Gasteiger partial charge in [-0.15, -0.1) is 0 Å². The Morgan fingerprint density at radius 1 is 1.00 bits per heavy atom. The van der Waals surface area contributed by atoms with Gasteiger partial charge < -0.3 is 0 Å². The van der Waals surface area contributed by atoms with Crippen molar-refractivity contribution in [3.05, 3.63) is 53.9 Å². The van der Waals surface area contributed by atoms with Crippen LogP contribution in [-0.4, -0.2) is 6.29 Å². The fraction of sp³-hybridized carbons (Fsp3) is 0. The van der Waals surface area contributed by atoms with Crippen LogP contribution in [0.4, 0.5) is 0 Å². The van der Waals surface area contributed by atoms with Crippen LogP contribution in [-0.2, 0) is 4.79 Å². The highest BCUT2D eigenvalue weighted by Gasteiger charge is 1.94. The predicted molar refractivity (Wildman–Crippen MR) is 65.0 cm³/mol. The SMILES string of the molecule is O=C/C=C\Sc1ccc2ccccc2c1. The van der Waals surface area contributed by atoms with E-state index < -0.39 is 0 Å². The maximum Gasteiger partial charge on any atom is 0.143 e. The minimum atomic E-state index is 0.786. The van der Waals surface area contributed by atoms with Crippen LogP contribution in [0, 0.1) is 0 Å². The molecule has 2 rings (SSSR count). The molecule has 2 aromatic rings. The minimum absolute atomic E-state index is 0.786. The number of carbonyl (C=O) groups is 1. The Labute approximate surface area is 92.8 Å². The largest absolute Gasteiger partial charge is 0.299 e. The van der Waals surface area contributed by atoms with Crippen LogP contribution >= 0.6 is 11.8 Å². The molecule has 0 radical (unpaired) electrons. The van der Waals surface area contributed by atoms with Gasteiger partial charge in [-0.3, -0.25) is 4.79 Å². The molecule has 74 valence electrons. The average molecular weight is 214 g/mol. The molecule has 0 saturated heterocycles. The summed E-state index contributed by atoms with van der Waals surface area (Å²) in [6.45, 7) is 0. The molecule has 0 aliphatic rings. The van der Waals surface area contributed by atoms with Crippen molar-refractivity contribution in [3.63, 3.8) is 0 Å². The summed E-state index contributed by atoms with van der Waals surface area (Å²) in [5.74, 6) is 0. The number of carbonyl (C=O) groups excluding carboxylic acids is 1. The molecule has 1 nitrogen and oxygen atoms in total. The first-order valence-corrected chi connectivity index (χ1v) is 5.54. The molecule has 0 heterocycles. The monoisotopic (exact) mass is 214 g/mol. The average Bonchev–Trinajstić information content (AvgIpc) is 2.29. The molecule has 0 aliphatic heterocycles. The van der Waals surface area contributed by atoms with Crippen LogP contribution in [0.25, 0.3) is 10.8 Å². The lowest BCUT2D eigenvalue weighted by molar-refractivity contribution is -0.104. The third kappa shape index (κ3) is 2.48. The van der Waals surface area contributed by atoms with Gasteiger partial charge in [0.05, 0.1) is 0 Å². The molecule has 2 heteroatoms. The zero-order valence-electron chi connectivity index (χ0n) is 8.09. The number of hydrogen-bond donors (Lipinski definition) is 0. The van der Waals surface area contributed by atoms with Gasteiger partial charge in [-0.2, -0.15) is 0 Å². The first kappa shape index (κ1) is 9.99. The van der Waals surface area contributed by atoms with Crippen LogP contribution < -0.4 is 0 Å². The second-order valence-corrected chi connectivity index (χ2v) is 4.07. The summed E-state index contributed by atoms with van der Waals surface area (Å²) in [6, 6.07) is 14.5. The highest BCUT2D eigenvalue weighted by molar-refractivity contribution is 8.02. The topological polar surface area (TPSA) is 17.1 Å². The molecular formula is C13H10OS. The Morgan fingerprint density at radius 2 is 1.80 bits per heavy atom. The van der Waals surface area contributed by atoms with Gasteiger partial charge in [0, 0.05) is 4.90 Å². The number of thioether (sulfide) groups is 1. The van der Waals surface area contributed by atoms with Gasteiger partial charge in [-0.1, -0.05) is 42.1 Å². The summed E-state index contributed by atoms with van der Waals surface area (Å²) >= 11 is 1.55. The fourth-order valence-electron chi connectivity index (χ4n) is 1.39. The van der Waals surface area contributed by atoms with Crippen molar-refractivity contribution >= 4 is 28.8 Å². The van der Waals surface area contributed by atoms with E-state index in [1.54, 1.807) is 17.2 Å². The molecule has 0 saturated carbocycles. The lowest BCUT2D eigenvalue weighted by Crippen LogP contribution is -1.73. The molecule has 0 aromatic heterocycles. The summed E-state index contributed by atoms with van der Waals surface area (Å²) < 4.78 is 0. The molecule has 0 unspecified atom stereocenters. The molecule has 15 heavy (non-hydrogen) atoms. The lowest BCUT2D eigenvalue weighted by Gasteiger charge is -1.99. The van der Waals surface area contributed by atoms with E-state index in [1.165, 1.54) is 16.8 Å². The third-order valence-electron chi connectivity index (χ3n) is 2.08. The predicted octanol–water partition coefficient (Wildman–Crippen LogP) is 3.64. The van der Waals surface area contributed by atoms with Gasteiger partial charge in [0.2, 0.25) is 0 Å². The molecule has 2 aromatic carbocycles. The smallest absolute Gasteiger partial charge is 0.143 e. The van der Waals surface area contributed by atoms with Gasteiger partial charge in [0.15, 0.2) is 0 Å². The van der Waals surface area contributed by atoms with Crippen LogP contribution in [0.5, 0.6) is 0 Å². The van der Waals surface area contributed by atoms with E-state index in [0.29, 0.717) is 0 Å². The zero-order valence-corrected chi connectivity index (χ0v) is 8.91. The number of benzene rings is 2. The Bertz CT molecular complexity index is 503. The minimum Gasteiger partial charge on any atom is -0.299 e. The van der Waals surface area contributed by atoms with E-state index in [0.717, 1.165) is 11.2 Å². The summed E-state index contributed by atoms with van der Waals surface area (Å²) in [5.41, 5.74) is 0. The Hall–Kier alpha value is -1.54. The van der Waals surface area contributed by atoms with E-state index in [9.17, 15) is 4.79 Å². The van der Waals surface area contributed by atoms with Gasteiger partial charge in [-0.25, -0.2) is 0 Å². The van der Waals surface area contributed by atoms with E-state index in [-0.39, 0.29) is 0 Å². The molecule has 0 fully saturated rings. The van der Waals surface area contributed by atoms with Crippen molar-refractivity contribution in [1.29, 1.82) is 0 Å². The Morgan fingerprint density at radius 3 is 2.60 bits per heavy atom. The van der Waals surface area contributed by atoms with Gasteiger partial charge in [0.25, 0.3) is 0 Å². The summed E-state index contributed by atoms with van der Waals surface area (Å²) in [6.07, 6.45) is 2.29. The molecule has 0 amide bonds. The first-order chi connectivity index (χ1) is 7.40.